The van der Waals surface area contributed by atoms with Gasteiger partial charge < -0.3 is 10.2 Å². The van der Waals surface area contributed by atoms with E-state index in [0.717, 1.165) is 12.6 Å². The third-order valence-corrected chi connectivity index (χ3v) is 4.13. The normalized spacial score (nSPS) is 18.4. The third kappa shape index (κ3) is 2.80. The van der Waals surface area contributed by atoms with Crippen LogP contribution in [0.3, 0.4) is 0 Å². The van der Waals surface area contributed by atoms with Crippen LogP contribution in [0.2, 0.25) is 0 Å². The monoisotopic (exact) mass is 224 g/mol. The Hall–Kier alpha value is -0.380. The Morgan fingerprint density at radius 3 is 2.73 bits per heavy atom. The summed E-state index contributed by atoms with van der Waals surface area (Å²) in [6, 6.07) is 3.55. The van der Waals surface area contributed by atoms with Gasteiger partial charge in [-0.2, -0.15) is 0 Å². The first-order chi connectivity index (χ1) is 7.18. The highest BCUT2D eigenvalue weighted by molar-refractivity contribution is 7.10. The van der Waals surface area contributed by atoms with Crippen LogP contribution in [0.5, 0.6) is 0 Å². The zero-order chi connectivity index (χ0) is 10.8. The topological polar surface area (TPSA) is 15.3 Å². The second kappa shape index (κ2) is 4.64. The fourth-order valence-electron chi connectivity index (χ4n) is 1.80. The Labute approximate surface area is 96.3 Å². The summed E-state index contributed by atoms with van der Waals surface area (Å²) in [7, 11) is 4.33. The summed E-state index contributed by atoms with van der Waals surface area (Å²) in [5.41, 5.74) is 1.43. The molecule has 2 nitrogen and oxygen atoms in total. The molecule has 3 heteroatoms. The van der Waals surface area contributed by atoms with Gasteiger partial charge in [0, 0.05) is 17.5 Å². The van der Waals surface area contributed by atoms with Gasteiger partial charge in [0.15, 0.2) is 0 Å². The summed E-state index contributed by atoms with van der Waals surface area (Å²) >= 11 is 1.88. The van der Waals surface area contributed by atoms with Gasteiger partial charge in [-0.25, -0.2) is 0 Å². The molecule has 0 saturated heterocycles. The molecule has 1 aromatic heterocycles. The van der Waals surface area contributed by atoms with Crippen molar-refractivity contribution < 1.29 is 0 Å². The molecule has 0 aromatic carbocycles. The van der Waals surface area contributed by atoms with Gasteiger partial charge in [-0.3, -0.25) is 0 Å². The lowest BCUT2D eigenvalue weighted by Gasteiger charge is -2.24. The van der Waals surface area contributed by atoms with E-state index in [4.69, 9.17) is 0 Å². The standard InChI is InChI=1S/C12H20N2S/c1-9-6-7-15-12(9)11(14(2)3)8-13-10-4-5-10/h6-7,10-11,13H,4-5,8H2,1-3H3. The Kier molecular flexibility index (Phi) is 3.44. The summed E-state index contributed by atoms with van der Waals surface area (Å²) in [5, 5.41) is 5.81. The minimum absolute atomic E-state index is 0.533. The van der Waals surface area contributed by atoms with Crippen LogP contribution in [-0.4, -0.2) is 31.6 Å². The first-order valence-corrected chi connectivity index (χ1v) is 6.50. The SMILES string of the molecule is Cc1ccsc1C(CNC1CC1)N(C)C. The molecule has 0 amide bonds. The number of likely N-dealkylation sites (N-methyl/N-ethyl adjacent to an activating group) is 1. The van der Waals surface area contributed by atoms with E-state index in [9.17, 15) is 0 Å². The molecule has 1 saturated carbocycles. The minimum Gasteiger partial charge on any atom is -0.312 e. The van der Waals surface area contributed by atoms with E-state index in [-0.39, 0.29) is 0 Å². The van der Waals surface area contributed by atoms with Crippen LogP contribution < -0.4 is 5.32 Å². The van der Waals surface area contributed by atoms with E-state index in [1.807, 2.05) is 11.3 Å². The minimum atomic E-state index is 0.533. The van der Waals surface area contributed by atoms with E-state index in [2.05, 4.69) is 42.7 Å². The quantitative estimate of drug-likeness (QED) is 0.826. The van der Waals surface area contributed by atoms with Crippen LogP contribution in [0.15, 0.2) is 11.4 Å². The van der Waals surface area contributed by atoms with E-state index in [0.29, 0.717) is 6.04 Å². The van der Waals surface area contributed by atoms with Gasteiger partial charge in [0.25, 0.3) is 0 Å². The molecule has 0 spiro atoms. The highest BCUT2D eigenvalue weighted by Gasteiger charge is 2.24. The highest BCUT2D eigenvalue weighted by atomic mass is 32.1. The molecule has 1 aromatic rings. The number of thiophene rings is 1. The van der Waals surface area contributed by atoms with Crippen LogP contribution in [0, 0.1) is 6.92 Å². The van der Waals surface area contributed by atoms with Crippen LogP contribution in [0.25, 0.3) is 0 Å². The predicted molar refractivity (Wildman–Crippen MR) is 66.5 cm³/mol. The number of nitrogens with zero attached hydrogens (tertiary/aromatic N) is 1. The van der Waals surface area contributed by atoms with E-state index in [1.165, 1.54) is 23.3 Å². The average molecular weight is 224 g/mol. The van der Waals surface area contributed by atoms with E-state index in [1.54, 1.807) is 0 Å². The maximum Gasteiger partial charge on any atom is 0.0564 e. The molecular formula is C12H20N2S. The lowest BCUT2D eigenvalue weighted by atomic mass is 10.1. The van der Waals surface area contributed by atoms with Crippen molar-refractivity contribution in [3.05, 3.63) is 21.9 Å². The average Bonchev–Trinajstić information content (AvgIpc) is 2.91. The van der Waals surface area contributed by atoms with Crippen molar-refractivity contribution in [1.82, 2.24) is 10.2 Å². The van der Waals surface area contributed by atoms with Crippen LogP contribution in [-0.2, 0) is 0 Å². The lowest BCUT2D eigenvalue weighted by molar-refractivity contribution is 0.291. The Morgan fingerprint density at radius 2 is 2.27 bits per heavy atom. The number of nitrogens with one attached hydrogen (secondary N) is 1. The maximum atomic E-state index is 3.62. The summed E-state index contributed by atoms with van der Waals surface area (Å²) in [5.74, 6) is 0. The zero-order valence-corrected chi connectivity index (χ0v) is 10.6. The molecule has 1 aliphatic carbocycles. The maximum absolute atomic E-state index is 3.62. The van der Waals surface area contributed by atoms with Crippen molar-refractivity contribution in [1.29, 1.82) is 0 Å². The summed E-state index contributed by atoms with van der Waals surface area (Å²) in [6.45, 7) is 3.29. The van der Waals surface area contributed by atoms with E-state index >= 15 is 0 Å². The van der Waals surface area contributed by atoms with Crippen LogP contribution in [0.4, 0.5) is 0 Å². The molecule has 1 unspecified atom stereocenters. The molecule has 1 N–H and O–H groups in total. The van der Waals surface area contributed by atoms with Crippen molar-refractivity contribution in [2.75, 3.05) is 20.6 Å². The molecule has 0 aliphatic heterocycles. The first kappa shape index (κ1) is 11.1. The van der Waals surface area contributed by atoms with Gasteiger partial charge in [0.2, 0.25) is 0 Å². The lowest BCUT2D eigenvalue weighted by Crippen LogP contribution is -2.31. The summed E-state index contributed by atoms with van der Waals surface area (Å²) in [6.07, 6.45) is 2.73. The van der Waals surface area contributed by atoms with Gasteiger partial charge in [-0.05, 0) is 50.9 Å². The molecule has 1 fully saturated rings. The summed E-state index contributed by atoms with van der Waals surface area (Å²) < 4.78 is 0. The second-order valence-electron chi connectivity index (χ2n) is 4.63. The molecule has 0 bridgehead atoms. The smallest absolute Gasteiger partial charge is 0.0564 e. The Morgan fingerprint density at radius 1 is 1.53 bits per heavy atom. The molecule has 1 atom stereocenters. The Balaban J connectivity index is 2.01. The summed E-state index contributed by atoms with van der Waals surface area (Å²) in [4.78, 5) is 3.82. The van der Waals surface area contributed by atoms with Crippen molar-refractivity contribution >= 4 is 11.3 Å². The van der Waals surface area contributed by atoms with Crippen molar-refractivity contribution in [3.63, 3.8) is 0 Å². The third-order valence-electron chi connectivity index (χ3n) is 3.00. The fourth-order valence-corrected chi connectivity index (χ4v) is 2.93. The molecule has 0 radical (unpaired) electrons. The van der Waals surface area contributed by atoms with Crippen LogP contribution >= 0.6 is 11.3 Å². The number of hydrogen-bond acceptors (Lipinski definition) is 3. The molecule has 15 heavy (non-hydrogen) atoms. The largest absolute Gasteiger partial charge is 0.312 e. The Bertz CT molecular complexity index is 315. The second-order valence-corrected chi connectivity index (χ2v) is 5.58. The molecule has 1 aliphatic rings. The first-order valence-electron chi connectivity index (χ1n) is 5.62. The number of rotatable bonds is 5. The fraction of sp³-hybridized carbons (Fsp3) is 0.667. The van der Waals surface area contributed by atoms with Crippen molar-refractivity contribution in [2.24, 2.45) is 0 Å². The van der Waals surface area contributed by atoms with E-state index < -0.39 is 0 Å². The number of aryl methyl sites for hydroxylation is 1. The van der Waals surface area contributed by atoms with Gasteiger partial charge in [-0.1, -0.05) is 0 Å². The van der Waals surface area contributed by atoms with Crippen LogP contribution in [0.1, 0.15) is 29.3 Å². The highest BCUT2D eigenvalue weighted by Crippen LogP contribution is 2.28. The number of hydrogen-bond donors (Lipinski definition) is 1. The predicted octanol–water partition coefficient (Wildman–Crippen LogP) is 2.41. The zero-order valence-electron chi connectivity index (χ0n) is 9.79. The van der Waals surface area contributed by atoms with Gasteiger partial charge in [0.1, 0.15) is 0 Å². The van der Waals surface area contributed by atoms with Gasteiger partial charge in [-0.15, -0.1) is 11.3 Å². The van der Waals surface area contributed by atoms with Crippen molar-refractivity contribution in [2.45, 2.75) is 31.8 Å². The van der Waals surface area contributed by atoms with Crippen molar-refractivity contribution in [3.8, 4) is 0 Å². The molecule has 1 heterocycles. The molecule has 84 valence electrons. The van der Waals surface area contributed by atoms with Gasteiger partial charge >= 0.3 is 0 Å². The molecule has 2 rings (SSSR count). The molecular weight excluding hydrogens is 204 g/mol. The van der Waals surface area contributed by atoms with Gasteiger partial charge in [0.05, 0.1) is 6.04 Å².